The lowest BCUT2D eigenvalue weighted by Crippen LogP contribution is -2.25. The van der Waals surface area contributed by atoms with Crippen LogP contribution < -0.4 is 11.3 Å². The Morgan fingerprint density at radius 3 is 2.59 bits per heavy atom. The summed E-state index contributed by atoms with van der Waals surface area (Å²) in [7, 11) is -16.7. The molecule has 0 aliphatic carbocycles. The van der Waals surface area contributed by atoms with Crippen LogP contribution in [0, 0.1) is 0 Å². The zero-order chi connectivity index (χ0) is 24.1. The molecule has 180 valence electrons. The van der Waals surface area contributed by atoms with E-state index in [9.17, 15) is 27.8 Å². The molecule has 0 spiro atoms. The molecule has 1 aliphatic rings. The molecule has 0 bridgehead atoms. The predicted molar refractivity (Wildman–Crippen MR) is 101 cm³/mol. The van der Waals surface area contributed by atoms with Crippen molar-refractivity contribution in [2.24, 2.45) is 0 Å². The summed E-state index contributed by atoms with van der Waals surface area (Å²) in [5, 5.41) is -2.66. The number of halogens is 2. The number of anilines is 1. The minimum absolute atomic E-state index is 0.174. The van der Waals surface area contributed by atoms with E-state index in [1.807, 2.05) is 0 Å². The van der Waals surface area contributed by atoms with Crippen molar-refractivity contribution in [2.45, 2.75) is 23.9 Å². The molecule has 17 nitrogen and oxygen atoms in total. The van der Waals surface area contributed by atoms with Crippen molar-refractivity contribution in [1.82, 2.24) is 19.5 Å². The minimum Gasteiger partial charge on any atom is -0.369 e. The van der Waals surface area contributed by atoms with Crippen LogP contribution in [0.1, 0.15) is 12.6 Å². The van der Waals surface area contributed by atoms with Crippen molar-refractivity contribution in [3.8, 4) is 0 Å². The van der Waals surface area contributed by atoms with Gasteiger partial charge in [-0.15, -0.1) is 0 Å². The topological polar surface area (TPSA) is 259 Å². The zero-order valence-corrected chi connectivity index (χ0v) is 18.7. The van der Waals surface area contributed by atoms with Gasteiger partial charge in [0, 0.05) is 6.42 Å². The van der Waals surface area contributed by atoms with Crippen molar-refractivity contribution >= 4 is 52.2 Å². The van der Waals surface area contributed by atoms with Crippen molar-refractivity contribution in [1.29, 1.82) is 0 Å². The third-order valence-corrected chi connectivity index (χ3v) is 7.87. The molecule has 7 N–H and O–H groups in total. The molecule has 3 heterocycles. The molecule has 2 aromatic rings. The van der Waals surface area contributed by atoms with Crippen LogP contribution in [0.3, 0.4) is 0 Å². The lowest BCUT2D eigenvalue weighted by atomic mass is 10.2. The van der Waals surface area contributed by atoms with Crippen LogP contribution >= 0.6 is 35.1 Å². The van der Waals surface area contributed by atoms with Gasteiger partial charge < -0.3 is 30.0 Å². The van der Waals surface area contributed by atoms with Crippen molar-refractivity contribution in [2.75, 3.05) is 12.3 Å². The number of ether oxygens (including phenoxy) is 1. The molecule has 0 radical (unpaired) electrons. The van der Waals surface area contributed by atoms with Crippen LogP contribution in [0.2, 0.25) is 0 Å². The fraction of sp³-hybridized carbons (Fsp3) is 0.500. The number of nitrogens with two attached hydrogens (primary N) is 1. The Bertz CT molecular complexity index is 1230. The predicted octanol–water partition coefficient (Wildman–Crippen LogP) is 0.237. The first-order chi connectivity index (χ1) is 14.5. The third-order valence-electron chi connectivity index (χ3n) is 3.73. The molecule has 2 aromatic heterocycles. The Balaban J connectivity index is 1.72. The normalized spacial score (nSPS) is 27.9. The molecule has 0 aromatic carbocycles. The number of phosphoric ester groups is 1. The number of aromatic nitrogens is 4. The maximum Gasteiger partial charge on any atom is 0.490 e. The first kappa shape index (κ1) is 25.4. The summed E-state index contributed by atoms with van der Waals surface area (Å²) in [4.78, 5) is 57.2. The Morgan fingerprint density at radius 1 is 1.31 bits per heavy atom. The Kier molecular flexibility index (Phi) is 6.74. The molecule has 0 saturated carbocycles. The van der Waals surface area contributed by atoms with Gasteiger partial charge in [0.15, 0.2) is 17.4 Å². The zero-order valence-electron chi connectivity index (χ0n) is 15.2. The number of nitrogen functional groups attached to an aromatic ring is 1. The van der Waals surface area contributed by atoms with Crippen LogP contribution in [0.15, 0.2) is 11.1 Å². The molecule has 1 aliphatic heterocycles. The first-order valence-corrected chi connectivity index (χ1v) is 12.9. The number of fused-ring (bicyclic) bond motifs is 1. The average molecular weight is 544 g/mol. The molecule has 32 heavy (non-hydrogen) atoms. The Labute approximate surface area is 180 Å². The fourth-order valence-electron chi connectivity index (χ4n) is 2.70. The molecular formula is C10H14ClFN5O12P3. The molecule has 22 heteroatoms. The van der Waals surface area contributed by atoms with Gasteiger partial charge in [-0.2, -0.15) is 13.6 Å². The monoisotopic (exact) mass is 543 g/mol. The molecule has 3 rings (SSSR count). The highest BCUT2D eigenvalue weighted by Crippen LogP contribution is 2.66. The van der Waals surface area contributed by atoms with E-state index in [1.54, 1.807) is 0 Å². The number of alkyl halides is 2. The molecule has 5 unspecified atom stereocenters. The second-order valence-electron chi connectivity index (χ2n) is 6.24. The SMILES string of the molecule is Nc1nc2c(ncn2C2OC(COP(=O)(O)OP(=O)(O)OP(=O)(O)O)CC2(F)Cl)c(=O)[nH]1. The van der Waals surface area contributed by atoms with E-state index in [-0.39, 0.29) is 17.1 Å². The number of rotatable bonds is 8. The van der Waals surface area contributed by atoms with Gasteiger partial charge in [0.1, 0.15) is 0 Å². The fourth-order valence-corrected chi connectivity index (χ4v) is 6.07. The van der Waals surface area contributed by atoms with E-state index in [0.29, 0.717) is 0 Å². The summed E-state index contributed by atoms with van der Waals surface area (Å²) in [6, 6.07) is 0. The number of nitrogens with one attached hydrogen (secondary N) is 1. The number of hydrogen-bond acceptors (Lipinski definition) is 11. The van der Waals surface area contributed by atoms with Gasteiger partial charge in [-0.1, -0.05) is 11.6 Å². The molecule has 1 fully saturated rings. The van der Waals surface area contributed by atoms with E-state index in [1.165, 1.54) is 0 Å². The van der Waals surface area contributed by atoms with E-state index in [0.717, 1.165) is 10.9 Å². The summed E-state index contributed by atoms with van der Waals surface area (Å²) in [6.45, 7) is -0.929. The number of aromatic amines is 1. The van der Waals surface area contributed by atoms with Gasteiger partial charge in [-0.25, -0.2) is 23.1 Å². The Morgan fingerprint density at radius 2 is 1.97 bits per heavy atom. The lowest BCUT2D eigenvalue weighted by molar-refractivity contribution is -0.0417. The number of H-pyrrole nitrogens is 1. The van der Waals surface area contributed by atoms with Gasteiger partial charge in [0.05, 0.1) is 19.0 Å². The second kappa shape index (κ2) is 8.51. The molecule has 0 amide bonds. The average Bonchev–Trinajstić information content (AvgIpc) is 3.09. The summed E-state index contributed by atoms with van der Waals surface area (Å²) >= 11 is 5.83. The second-order valence-corrected chi connectivity index (χ2v) is 11.3. The van der Waals surface area contributed by atoms with Gasteiger partial charge in [-0.05, 0) is 0 Å². The number of phosphoric acid groups is 3. The highest BCUT2D eigenvalue weighted by molar-refractivity contribution is 7.66. The number of nitrogens with zero attached hydrogens (tertiary/aromatic N) is 3. The van der Waals surface area contributed by atoms with Crippen LogP contribution in [-0.2, 0) is 31.6 Å². The molecule has 5 atom stereocenters. The quantitative estimate of drug-likeness (QED) is 0.192. The van der Waals surface area contributed by atoms with Gasteiger partial charge in [0.25, 0.3) is 5.56 Å². The standard InChI is InChI=1S/C10H14ClFN5O12P3/c11-10(12)1-4(2-26-31(22,23)29-32(24,25)28-30(19,20)21)27-8(10)17-3-14-5-6(17)15-9(13)16-7(5)18/h3-4,8H,1-2H2,(H,22,23)(H,24,25)(H2,19,20,21)(H3,13,15,16,18). The van der Waals surface area contributed by atoms with E-state index in [2.05, 4.69) is 28.1 Å². The maximum absolute atomic E-state index is 14.9. The number of hydrogen-bond donors (Lipinski definition) is 6. The summed E-state index contributed by atoms with van der Waals surface area (Å²) in [6.07, 6.45) is -2.65. The highest BCUT2D eigenvalue weighted by atomic mass is 35.5. The summed E-state index contributed by atoms with van der Waals surface area (Å²) in [5.74, 6) is -0.300. The minimum atomic E-state index is -5.72. The Hall–Kier alpha value is -1.26. The van der Waals surface area contributed by atoms with E-state index >= 15 is 0 Å². The van der Waals surface area contributed by atoms with Crippen LogP contribution in [0.5, 0.6) is 0 Å². The van der Waals surface area contributed by atoms with Gasteiger partial charge in [-0.3, -0.25) is 18.9 Å². The molecule has 1 saturated heterocycles. The van der Waals surface area contributed by atoms with Crippen LogP contribution in [0.25, 0.3) is 11.2 Å². The van der Waals surface area contributed by atoms with E-state index in [4.69, 9.17) is 36.8 Å². The highest BCUT2D eigenvalue weighted by Gasteiger charge is 2.51. The van der Waals surface area contributed by atoms with Crippen LogP contribution in [0.4, 0.5) is 10.3 Å². The first-order valence-electron chi connectivity index (χ1n) is 8.02. The largest absolute Gasteiger partial charge is 0.490 e. The van der Waals surface area contributed by atoms with E-state index < -0.39 is 59.5 Å². The maximum atomic E-state index is 14.9. The summed E-state index contributed by atoms with van der Waals surface area (Å²) < 4.78 is 66.5. The number of imidazole rings is 1. The van der Waals surface area contributed by atoms with Crippen molar-refractivity contribution in [3.05, 3.63) is 16.7 Å². The van der Waals surface area contributed by atoms with Crippen molar-refractivity contribution in [3.63, 3.8) is 0 Å². The van der Waals surface area contributed by atoms with Crippen molar-refractivity contribution < 1.29 is 55.5 Å². The van der Waals surface area contributed by atoms with Crippen LogP contribution in [-0.4, -0.2) is 56.9 Å². The summed E-state index contributed by atoms with van der Waals surface area (Å²) in [5.41, 5.74) is 4.37. The third kappa shape index (κ3) is 5.99. The van der Waals surface area contributed by atoms with Gasteiger partial charge >= 0.3 is 23.5 Å². The van der Waals surface area contributed by atoms with Gasteiger partial charge in [0.2, 0.25) is 11.1 Å². The lowest BCUT2D eigenvalue weighted by Gasteiger charge is -2.20. The smallest absolute Gasteiger partial charge is 0.369 e. The molecular weight excluding hydrogens is 530 g/mol.